The number of pyridine rings is 1. The van der Waals surface area contributed by atoms with Crippen molar-refractivity contribution in [1.82, 2.24) is 15.0 Å². The van der Waals surface area contributed by atoms with Crippen molar-refractivity contribution in [3.8, 4) is 11.5 Å². The minimum atomic E-state index is 0.318. The zero-order valence-electron chi connectivity index (χ0n) is 10.8. The summed E-state index contributed by atoms with van der Waals surface area (Å²) in [4.78, 5) is 11.8. The van der Waals surface area contributed by atoms with Gasteiger partial charge in [0.25, 0.3) is 0 Å². The summed E-state index contributed by atoms with van der Waals surface area (Å²) in [7, 11) is 0. The van der Waals surface area contributed by atoms with Gasteiger partial charge in [-0.2, -0.15) is 0 Å². The van der Waals surface area contributed by atoms with Gasteiger partial charge in [-0.3, -0.25) is 0 Å². The molecule has 2 heterocycles. The zero-order chi connectivity index (χ0) is 14.2. The lowest BCUT2D eigenvalue weighted by atomic mass is 10.0. The van der Waals surface area contributed by atoms with Crippen molar-refractivity contribution in [2.45, 2.75) is 26.7 Å². The number of aromatic amines is 1. The largest absolute Gasteiger partial charge is 0.342 e. The first-order valence-electron chi connectivity index (χ1n) is 5.82. The van der Waals surface area contributed by atoms with Crippen LogP contribution in [0.25, 0.3) is 11.5 Å². The van der Waals surface area contributed by atoms with Gasteiger partial charge in [-0.25, -0.2) is 9.97 Å². The molecular weight excluding hydrogens is 301 g/mol. The molecule has 2 aromatic rings. The van der Waals surface area contributed by atoms with Crippen LogP contribution in [0.3, 0.4) is 0 Å². The first-order valence-corrected chi connectivity index (χ1v) is 6.98. The van der Waals surface area contributed by atoms with E-state index in [1.165, 1.54) is 6.20 Å². The van der Waals surface area contributed by atoms with Gasteiger partial charge in [0, 0.05) is 17.5 Å². The smallest absolute Gasteiger partial charge is 0.159 e. The summed E-state index contributed by atoms with van der Waals surface area (Å²) in [6.45, 7) is 6.14. The molecule has 0 saturated heterocycles. The van der Waals surface area contributed by atoms with Crippen LogP contribution in [0.4, 0.5) is 0 Å². The highest BCUT2D eigenvalue weighted by molar-refractivity contribution is 7.71. The van der Waals surface area contributed by atoms with Gasteiger partial charge < -0.3 is 4.98 Å². The Bertz CT molecular complexity index is 680. The third-order valence-electron chi connectivity index (χ3n) is 2.76. The molecular formula is C13H13Cl2N3S. The fourth-order valence-electron chi connectivity index (χ4n) is 1.98. The summed E-state index contributed by atoms with van der Waals surface area (Å²) >= 11 is 17.3. The summed E-state index contributed by atoms with van der Waals surface area (Å²) in [6.07, 6.45) is 1.53. The third kappa shape index (κ3) is 2.96. The number of nitrogens with one attached hydrogen (secondary N) is 1. The molecule has 0 aliphatic carbocycles. The molecule has 0 aromatic carbocycles. The number of H-pyrrole nitrogens is 1. The summed E-state index contributed by atoms with van der Waals surface area (Å²) < 4.78 is 0.578. The molecule has 1 N–H and O–H groups in total. The number of rotatable bonds is 2. The molecule has 0 atom stereocenters. The summed E-state index contributed by atoms with van der Waals surface area (Å²) in [5, 5.41) is 0.935. The lowest BCUT2D eigenvalue weighted by molar-refractivity contribution is 0.824. The summed E-state index contributed by atoms with van der Waals surface area (Å²) in [5.74, 6) is 0.882. The van der Waals surface area contributed by atoms with Crippen LogP contribution < -0.4 is 0 Å². The number of hydrogen-bond donors (Lipinski definition) is 1. The van der Waals surface area contributed by atoms with Gasteiger partial charge in [0.15, 0.2) is 5.82 Å². The number of hydrogen-bond acceptors (Lipinski definition) is 3. The van der Waals surface area contributed by atoms with Crippen molar-refractivity contribution in [3.63, 3.8) is 0 Å². The van der Waals surface area contributed by atoms with Gasteiger partial charge in [0.05, 0.1) is 10.0 Å². The number of aromatic nitrogens is 3. The standard InChI is InChI=1S/C13H13Cl2N3S/c1-6(2)10-7(3)17-12(18-13(10)19)11-9(15)4-8(14)5-16-11/h4-6H,1-3H3,(H,17,18,19). The minimum absolute atomic E-state index is 0.318. The van der Waals surface area contributed by atoms with E-state index in [0.717, 1.165) is 11.3 Å². The molecule has 19 heavy (non-hydrogen) atoms. The quantitative estimate of drug-likeness (QED) is 0.798. The Morgan fingerprint density at radius 1 is 1.32 bits per heavy atom. The van der Waals surface area contributed by atoms with E-state index in [1.807, 2.05) is 6.92 Å². The fraction of sp³-hybridized carbons (Fsp3) is 0.308. The van der Waals surface area contributed by atoms with E-state index in [4.69, 9.17) is 35.4 Å². The van der Waals surface area contributed by atoms with E-state index < -0.39 is 0 Å². The van der Waals surface area contributed by atoms with Crippen molar-refractivity contribution in [2.24, 2.45) is 0 Å². The van der Waals surface area contributed by atoms with Crippen LogP contribution in [0, 0.1) is 11.6 Å². The van der Waals surface area contributed by atoms with Crippen LogP contribution in [0.2, 0.25) is 10.0 Å². The summed E-state index contributed by atoms with van der Waals surface area (Å²) in [5.41, 5.74) is 2.58. The van der Waals surface area contributed by atoms with Gasteiger partial charge in [-0.1, -0.05) is 49.3 Å². The number of halogens is 2. The highest BCUT2D eigenvalue weighted by Crippen LogP contribution is 2.27. The molecule has 0 aliphatic rings. The van der Waals surface area contributed by atoms with Crippen molar-refractivity contribution >= 4 is 35.4 Å². The maximum Gasteiger partial charge on any atom is 0.159 e. The molecule has 0 amide bonds. The van der Waals surface area contributed by atoms with Gasteiger partial charge >= 0.3 is 0 Å². The Balaban J connectivity index is 2.62. The van der Waals surface area contributed by atoms with Crippen molar-refractivity contribution in [2.75, 3.05) is 0 Å². The Labute approximate surface area is 127 Å². The summed E-state index contributed by atoms with van der Waals surface area (Å²) in [6, 6.07) is 1.63. The van der Waals surface area contributed by atoms with Crippen molar-refractivity contribution in [1.29, 1.82) is 0 Å². The first kappa shape index (κ1) is 14.4. The van der Waals surface area contributed by atoms with E-state index in [9.17, 15) is 0 Å². The molecule has 3 nitrogen and oxygen atoms in total. The second-order valence-corrected chi connectivity index (χ2v) is 5.80. The van der Waals surface area contributed by atoms with E-state index in [1.54, 1.807) is 6.07 Å². The molecule has 2 rings (SSSR count). The molecule has 100 valence electrons. The van der Waals surface area contributed by atoms with Crippen LogP contribution in [-0.4, -0.2) is 15.0 Å². The topological polar surface area (TPSA) is 41.6 Å². The Kier molecular flexibility index (Phi) is 4.23. The molecule has 0 saturated carbocycles. The molecule has 2 aromatic heterocycles. The van der Waals surface area contributed by atoms with Gasteiger partial charge in [0.1, 0.15) is 10.3 Å². The molecule has 6 heteroatoms. The van der Waals surface area contributed by atoms with Gasteiger partial charge in [-0.05, 0) is 18.9 Å². The molecule has 0 radical (unpaired) electrons. The Hall–Kier alpha value is -0.970. The molecule has 0 fully saturated rings. The van der Waals surface area contributed by atoms with E-state index >= 15 is 0 Å². The average Bonchev–Trinajstić information content (AvgIpc) is 2.26. The number of nitrogens with zero attached hydrogens (tertiary/aromatic N) is 2. The van der Waals surface area contributed by atoms with Crippen molar-refractivity contribution in [3.05, 3.63) is 38.2 Å². The van der Waals surface area contributed by atoms with Crippen molar-refractivity contribution < 1.29 is 0 Å². The lowest BCUT2D eigenvalue weighted by Crippen LogP contribution is -2.02. The molecule has 0 unspecified atom stereocenters. The SMILES string of the molecule is Cc1[nH]c(-c2ncc(Cl)cc2Cl)nc(=S)c1C(C)C. The van der Waals surface area contributed by atoms with E-state index in [2.05, 4.69) is 28.8 Å². The maximum absolute atomic E-state index is 6.13. The van der Waals surface area contributed by atoms with Gasteiger partial charge in [0.2, 0.25) is 0 Å². The average molecular weight is 314 g/mol. The minimum Gasteiger partial charge on any atom is -0.342 e. The van der Waals surface area contributed by atoms with Gasteiger partial charge in [-0.15, -0.1) is 0 Å². The third-order valence-corrected chi connectivity index (χ3v) is 3.57. The van der Waals surface area contributed by atoms with Crippen LogP contribution in [0.5, 0.6) is 0 Å². The fourth-order valence-corrected chi connectivity index (χ4v) is 2.93. The van der Waals surface area contributed by atoms with Crippen LogP contribution in [0.1, 0.15) is 31.0 Å². The number of aryl methyl sites for hydroxylation is 1. The molecule has 0 spiro atoms. The highest BCUT2D eigenvalue weighted by atomic mass is 35.5. The second-order valence-electron chi connectivity index (χ2n) is 4.57. The maximum atomic E-state index is 6.13. The predicted octanol–water partition coefficient (Wildman–Crippen LogP) is 4.94. The second kappa shape index (κ2) is 5.57. The Morgan fingerprint density at radius 2 is 2.00 bits per heavy atom. The Morgan fingerprint density at radius 3 is 2.53 bits per heavy atom. The van der Waals surface area contributed by atoms with Crippen LogP contribution >= 0.6 is 35.4 Å². The molecule has 0 aliphatic heterocycles. The monoisotopic (exact) mass is 313 g/mol. The van der Waals surface area contributed by atoms with Crippen LogP contribution in [-0.2, 0) is 0 Å². The zero-order valence-corrected chi connectivity index (χ0v) is 13.1. The van der Waals surface area contributed by atoms with E-state index in [0.29, 0.717) is 32.1 Å². The molecule has 0 bridgehead atoms. The van der Waals surface area contributed by atoms with Crippen LogP contribution in [0.15, 0.2) is 12.3 Å². The van der Waals surface area contributed by atoms with E-state index in [-0.39, 0.29) is 0 Å². The first-order chi connectivity index (χ1) is 8.90. The lowest BCUT2D eigenvalue weighted by Gasteiger charge is -2.12. The normalized spacial score (nSPS) is 11.1. The predicted molar refractivity (Wildman–Crippen MR) is 81.5 cm³/mol. The highest BCUT2D eigenvalue weighted by Gasteiger charge is 2.13.